The summed E-state index contributed by atoms with van der Waals surface area (Å²) < 4.78 is 0. The molecule has 0 saturated heterocycles. The zero-order valence-corrected chi connectivity index (χ0v) is 25.0. The largest absolute Gasteiger partial charge is 0.507 e. The average molecular weight is 570 g/mol. The van der Waals surface area contributed by atoms with Crippen LogP contribution in [0.1, 0.15) is 75.0 Å². The third-order valence-electron chi connectivity index (χ3n) is 9.41. The number of aromatic hydroxyl groups is 1. The minimum absolute atomic E-state index is 0.0731. The van der Waals surface area contributed by atoms with Crippen LogP contribution >= 0.6 is 0 Å². The Balaban J connectivity index is 2.05. The van der Waals surface area contributed by atoms with Crippen molar-refractivity contribution < 1.29 is 39.0 Å². The highest BCUT2D eigenvalue weighted by atomic mass is 16.6. The molecule has 0 spiro atoms. The number of carbonyl (C=O) groups excluding carboxylic acids is 5. The summed E-state index contributed by atoms with van der Waals surface area (Å²) >= 11 is 0. The summed E-state index contributed by atoms with van der Waals surface area (Å²) in [6, 6.07) is 0.535. The Morgan fingerprint density at radius 1 is 1.15 bits per heavy atom. The molecule has 2 saturated carbocycles. The van der Waals surface area contributed by atoms with Gasteiger partial charge in [0.1, 0.15) is 12.9 Å². The number of hydrogen-bond donors (Lipinski definition) is 3. The molecule has 1 amide bonds. The Labute approximate surface area is 239 Å². The van der Waals surface area contributed by atoms with E-state index in [1.165, 1.54) is 18.9 Å². The number of Topliss-reactive ketones (excluding diaryl/α,β-unsaturated/α-hetero) is 4. The number of carbonyl (C=O) groups is 5. The second-order valence-electron chi connectivity index (χ2n) is 13.5. The molecule has 1 aromatic rings. The van der Waals surface area contributed by atoms with E-state index < -0.39 is 68.8 Å². The maximum atomic E-state index is 14.4. The van der Waals surface area contributed by atoms with Gasteiger partial charge >= 0.3 is 0 Å². The summed E-state index contributed by atoms with van der Waals surface area (Å²) in [7, 11) is 4.50. The van der Waals surface area contributed by atoms with E-state index in [1.807, 2.05) is 20.8 Å². The number of nitrogens with zero attached hydrogens (tertiary/aromatic N) is 2. The van der Waals surface area contributed by atoms with Crippen LogP contribution in [0.5, 0.6) is 5.75 Å². The van der Waals surface area contributed by atoms with E-state index in [0.29, 0.717) is 22.4 Å². The van der Waals surface area contributed by atoms with Crippen molar-refractivity contribution in [2.45, 2.75) is 71.4 Å². The third-order valence-corrected chi connectivity index (χ3v) is 9.41. The Kier molecular flexibility index (Phi) is 6.91. The number of aliphatic hydroxyl groups is 1. The second kappa shape index (κ2) is 9.29. The van der Waals surface area contributed by atoms with Gasteiger partial charge in [-0.05, 0) is 56.3 Å². The first-order valence-electron chi connectivity index (χ1n) is 13.5. The maximum Gasteiger partial charge on any atom is 0.235 e. The van der Waals surface area contributed by atoms with E-state index in [2.05, 4.69) is 5.16 Å². The molecule has 11 nitrogen and oxygen atoms in total. The number of hydrogen-bond acceptors (Lipinski definition) is 10. The number of benzene rings is 1. The number of amides is 1. The quantitative estimate of drug-likeness (QED) is 0.274. The first kappa shape index (κ1) is 30.5. The van der Waals surface area contributed by atoms with Gasteiger partial charge in [-0.3, -0.25) is 28.9 Å². The van der Waals surface area contributed by atoms with Crippen LogP contribution in [-0.4, -0.2) is 82.7 Å². The number of phenols is 1. The van der Waals surface area contributed by atoms with Gasteiger partial charge in [-0.1, -0.05) is 39.8 Å². The molecule has 41 heavy (non-hydrogen) atoms. The van der Waals surface area contributed by atoms with Crippen LogP contribution in [0, 0.1) is 22.7 Å². The summed E-state index contributed by atoms with van der Waals surface area (Å²) in [6.07, 6.45) is 0.00735. The van der Waals surface area contributed by atoms with E-state index in [1.54, 1.807) is 34.0 Å². The molecule has 6 atom stereocenters. The Hall–Kier alpha value is -3.44. The van der Waals surface area contributed by atoms with Crippen LogP contribution in [0.4, 0.5) is 0 Å². The Morgan fingerprint density at radius 2 is 1.73 bits per heavy atom. The standard InChI is InChI=1S/C30H39N3O8/c1-13(32-41-9)14-10-16(27(2,3)4)20(34)17-15(14)11-28(5)12-29(6)23(33(7)8)22(36)18(26(31)39)24(37)30(29,40)25(38)19(28)21(17)35/h10,18-19,23,34,40H,11-12H2,1-9H3,(H2,31,39)/t18?,19?,23-,28+,29+,30-/m1/s1. The van der Waals surface area contributed by atoms with Crippen molar-refractivity contribution in [1.82, 2.24) is 4.90 Å². The Bertz CT molecular complexity index is 1440. The van der Waals surface area contributed by atoms with Crippen LogP contribution in [0.15, 0.2) is 11.2 Å². The Morgan fingerprint density at radius 3 is 2.22 bits per heavy atom. The first-order chi connectivity index (χ1) is 18.7. The van der Waals surface area contributed by atoms with Crippen LogP contribution < -0.4 is 5.73 Å². The molecule has 0 aromatic heterocycles. The van der Waals surface area contributed by atoms with Crippen LogP contribution in [0.2, 0.25) is 0 Å². The summed E-state index contributed by atoms with van der Waals surface area (Å²) in [4.78, 5) is 74.8. The van der Waals surface area contributed by atoms with Crippen LogP contribution in [0.3, 0.4) is 0 Å². The molecular weight excluding hydrogens is 530 g/mol. The molecule has 3 aliphatic carbocycles. The normalized spacial score (nSPS) is 33.8. The minimum Gasteiger partial charge on any atom is -0.507 e. The van der Waals surface area contributed by atoms with Crippen molar-refractivity contribution in [3.63, 3.8) is 0 Å². The lowest BCUT2D eigenvalue weighted by molar-refractivity contribution is -0.203. The molecule has 0 aliphatic heterocycles. The van der Waals surface area contributed by atoms with E-state index in [9.17, 15) is 34.2 Å². The minimum atomic E-state index is -2.85. The summed E-state index contributed by atoms with van der Waals surface area (Å²) in [5.41, 5.74) is 0.956. The second-order valence-corrected chi connectivity index (χ2v) is 13.5. The topological polar surface area (TPSA) is 177 Å². The predicted molar refractivity (Wildman–Crippen MR) is 149 cm³/mol. The van der Waals surface area contributed by atoms with Crippen LogP contribution in [-0.2, 0) is 35.9 Å². The number of nitrogens with two attached hydrogens (primary N) is 1. The van der Waals surface area contributed by atoms with Gasteiger partial charge < -0.3 is 20.8 Å². The lowest BCUT2D eigenvalue weighted by atomic mass is 9.42. The van der Waals surface area contributed by atoms with Crippen molar-refractivity contribution in [3.8, 4) is 5.75 Å². The summed E-state index contributed by atoms with van der Waals surface area (Å²) in [5, 5.41) is 27.6. The molecule has 1 aromatic carbocycles. The summed E-state index contributed by atoms with van der Waals surface area (Å²) in [6.45, 7) is 10.5. The highest BCUT2D eigenvalue weighted by molar-refractivity contribution is 6.33. The third kappa shape index (κ3) is 3.92. The SMILES string of the molecule is CON=C(C)c1cc(C(C)(C)C)c(O)c2c1C[C@@]1(C)C[C@@]3(C)[C@H](N(C)C)C(=O)C(C(N)=O)C(=O)[C@@]3(O)C(=O)C1C2=O. The van der Waals surface area contributed by atoms with E-state index in [4.69, 9.17) is 10.6 Å². The number of phenolic OH excluding ortho intramolecular Hbond substituents is 1. The highest BCUT2D eigenvalue weighted by Gasteiger charge is 2.76. The molecule has 4 rings (SSSR count). The molecule has 2 unspecified atom stereocenters. The van der Waals surface area contributed by atoms with Gasteiger partial charge in [0, 0.05) is 16.5 Å². The van der Waals surface area contributed by atoms with E-state index in [-0.39, 0.29) is 24.2 Å². The van der Waals surface area contributed by atoms with Gasteiger partial charge in [-0.25, -0.2) is 0 Å². The van der Waals surface area contributed by atoms with Gasteiger partial charge in [0.05, 0.1) is 23.2 Å². The number of fused-ring (bicyclic) bond motifs is 3. The van der Waals surface area contributed by atoms with E-state index >= 15 is 0 Å². The van der Waals surface area contributed by atoms with E-state index in [0.717, 1.165) is 0 Å². The number of likely N-dealkylation sites (N-methyl/N-ethyl adjacent to an activating group) is 1. The van der Waals surface area contributed by atoms with Gasteiger partial charge in [-0.15, -0.1) is 0 Å². The molecule has 0 radical (unpaired) electrons. The predicted octanol–water partition coefficient (Wildman–Crippen LogP) is 1.32. The van der Waals surface area contributed by atoms with Crippen molar-refractivity contribution in [3.05, 3.63) is 28.3 Å². The highest BCUT2D eigenvalue weighted by Crippen LogP contribution is 2.62. The fraction of sp³-hybridized carbons (Fsp3) is 0.600. The maximum absolute atomic E-state index is 14.4. The number of oxime groups is 1. The molecule has 2 fully saturated rings. The van der Waals surface area contributed by atoms with Gasteiger partial charge in [0.2, 0.25) is 5.91 Å². The number of ketones is 4. The fourth-order valence-electron chi connectivity index (χ4n) is 7.87. The molecule has 4 N–H and O–H groups in total. The molecular formula is C30H39N3O8. The van der Waals surface area contributed by atoms with Crippen molar-refractivity contribution in [1.29, 1.82) is 0 Å². The van der Waals surface area contributed by atoms with Gasteiger partial charge in [0.15, 0.2) is 34.7 Å². The molecule has 0 bridgehead atoms. The molecule has 11 heteroatoms. The lowest BCUT2D eigenvalue weighted by Gasteiger charge is -2.61. The first-order valence-corrected chi connectivity index (χ1v) is 13.5. The zero-order valence-electron chi connectivity index (χ0n) is 25.0. The van der Waals surface area contributed by atoms with Crippen LogP contribution in [0.25, 0.3) is 0 Å². The number of rotatable bonds is 4. The van der Waals surface area contributed by atoms with Gasteiger partial charge in [-0.2, -0.15) is 0 Å². The summed E-state index contributed by atoms with van der Waals surface area (Å²) in [5.74, 6) is -9.07. The lowest BCUT2D eigenvalue weighted by Crippen LogP contribution is -2.79. The van der Waals surface area contributed by atoms with Gasteiger partial charge in [0.25, 0.3) is 0 Å². The number of primary amides is 1. The molecule has 3 aliphatic rings. The zero-order chi connectivity index (χ0) is 31.2. The smallest absolute Gasteiger partial charge is 0.235 e. The fourth-order valence-corrected chi connectivity index (χ4v) is 7.87. The molecule has 0 heterocycles. The average Bonchev–Trinajstić information content (AvgIpc) is 2.80. The van der Waals surface area contributed by atoms with Crippen molar-refractivity contribution >= 4 is 34.8 Å². The van der Waals surface area contributed by atoms with Crippen molar-refractivity contribution in [2.75, 3.05) is 21.2 Å². The monoisotopic (exact) mass is 569 g/mol. The van der Waals surface area contributed by atoms with Crippen molar-refractivity contribution in [2.24, 2.45) is 33.6 Å². The molecule has 222 valence electrons.